The second-order valence-corrected chi connectivity index (χ2v) is 15.7. The van der Waals surface area contributed by atoms with E-state index < -0.39 is 18.0 Å². The lowest BCUT2D eigenvalue weighted by atomic mass is 9.43. The maximum Gasteiger partial charge on any atom is 0.160 e. The molecule has 1 heterocycles. The normalized spacial score (nSPS) is 47.1. The minimum Gasteiger partial charge on any atom is -0.394 e. The fourth-order valence-electron chi connectivity index (χ4n) is 10.3. The molecular formula is C35H58O5. The van der Waals surface area contributed by atoms with E-state index >= 15 is 0 Å². The van der Waals surface area contributed by atoms with Crippen molar-refractivity contribution in [2.45, 2.75) is 148 Å². The number of aliphatic hydroxyl groups is 3. The molecule has 1 aliphatic heterocycles. The van der Waals surface area contributed by atoms with E-state index in [0.717, 1.165) is 49.9 Å². The number of fused-ring (bicyclic) bond motifs is 5. The number of hydrogen-bond donors (Lipinski definition) is 3. The van der Waals surface area contributed by atoms with E-state index in [-0.39, 0.29) is 24.2 Å². The summed E-state index contributed by atoms with van der Waals surface area (Å²) in [6.45, 7) is 15.6. The van der Waals surface area contributed by atoms with Crippen LogP contribution in [0.5, 0.6) is 0 Å². The van der Waals surface area contributed by atoms with E-state index in [1.165, 1.54) is 44.1 Å². The van der Waals surface area contributed by atoms with Crippen molar-refractivity contribution in [1.29, 1.82) is 0 Å². The quantitative estimate of drug-likeness (QED) is 0.211. The number of rotatable bonds is 9. The van der Waals surface area contributed by atoms with Crippen LogP contribution in [0.1, 0.15) is 118 Å². The SMILES string of the molecule is C=C[C@@]1(C)C2=CCC3C4CCC(CCCCC(C)(C)O)[C@@]4(C)CC[C@@]3(C)C2CC[C@@H]1O[C@H]1C[C@@H](O)CC(CO)O1. The van der Waals surface area contributed by atoms with Gasteiger partial charge in [-0.05, 0) is 113 Å². The van der Waals surface area contributed by atoms with E-state index in [2.05, 4.69) is 39.5 Å². The Morgan fingerprint density at radius 2 is 1.80 bits per heavy atom. The molecule has 0 bridgehead atoms. The molecule has 5 heteroatoms. The first-order valence-corrected chi connectivity index (χ1v) is 16.5. The van der Waals surface area contributed by atoms with Crippen molar-refractivity contribution in [3.8, 4) is 0 Å². The van der Waals surface area contributed by atoms with Gasteiger partial charge in [-0.1, -0.05) is 44.4 Å². The summed E-state index contributed by atoms with van der Waals surface area (Å²) in [6, 6.07) is 0. The molecule has 0 spiro atoms. The number of ether oxygens (including phenoxy) is 2. The Hall–Kier alpha value is -0.720. The van der Waals surface area contributed by atoms with Crippen LogP contribution in [0.4, 0.5) is 0 Å². The van der Waals surface area contributed by atoms with E-state index in [9.17, 15) is 15.3 Å². The van der Waals surface area contributed by atoms with Gasteiger partial charge in [0.2, 0.25) is 0 Å². The molecule has 40 heavy (non-hydrogen) atoms. The van der Waals surface area contributed by atoms with Crippen molar-refractivity contribution in [2.75, 3.05) is 6.61 Å². The molecule has 5 aliphatic rings. The smallest absolute Gasteiger partial charge is 0.160 e. The third-order valence-electron chi connectivity index (χ3n) is 12.8. The second kappa shape index (κ2) is 11.4. The average Bonchev–Trinajstić information content (AvgIpc) is 3.23. The summed E-state index contributed by atoms with van der Waals surface area (Å²) in [7, 11) is 0. The van der Waals surface area contributed by atoms with Gasteiger partial charge in [0.15, 0.2) is 6.29 Å². The lowest BCUT2D eigenvalue weighted by Crippen LogP contribution is -2.56. The first-order valence-electron chi connectivity index (χ1n) is 16.5. The monoisotopic (exact) mass is 558 g/mol. The van der Waals surface area contributed by atoms with Gasteiger partial charge in [-0.3, -0.25) is 0 Å². The van der Waals surface area contributed by atoms with Crippen LogP contribution in [-0.2, 0) is 9.47 Å². The fourth-order valence-corrected chi connectivity index (χ4v) is 10.3. The summed E-state index contributed by atoms with van der Waals surface area (Å²) >= 11 is 0. The Labute approximate surface area is 243 Å². The van der Waals surface area contributed by atoms with Crippen molar-refractivity contribution < 1.29 is 24.8 Å². The second-order valence-electron chi connectivity index (χ2n) is 15.7. The molecule has 11 atom stereocenters. The summed E-state index contributed by atoms with van der Waals surface area (Å²) in [6.07, 6.45) is 17.5. The van der Waals surface area contributed by atoms with Crippen LogP contribution in [-0.4, -0.2) is 52.1 Å². The molecule has 5 unspecified atom stereocenters. The lowest BCUT2D eigenvalue weighted by molar-refractivity contribution is -0.253. The highest BCUT2D eigenvalue weighted by Crippen LogP contribution is 2.69. The molecule has 228 valence electrons. The standard InChI is InChI=1S/C35H58O5/c1-7-33(4)26-13-14-28-27-12-11-23(10-8-9-17-32(2,3)38)34(27,5)18-19-35(28,6)29(26)15-16-30(33)40-31-21-24(37)20-25(22-36)39-31/h7,13,23-25,27-31,36-38H,1,8-12,14-22H2,2-6H3/t23?,24-,25?,27?,28?,29?,30-,31-,33-,34+,35+/m0/s1. The van der Waals surface area contributed by atoms with Crippen LogP contribution >= 0.6 is 0 Å². The molecule has 0 aromatic rings. The van der Waals surface area contributed by atoms with Crippen LogP contribution in [0.2, 0.25) is 0 Å². The van der Waals surface area contributed by atoms with E-state index in [4.69, 9.17) is 9.47 Å². The highest BCUT2D eigenvalue weighted by atomic mass is 16.7. The Balaban J connectivity index is 1.30. The van der Waals surface area contributed by atoms with E-state index in [1.807, 2.05) is 13.8 Å². The predicted molar refractivity (Wildman–Crippen MR) is 160 cm³/mol. The van der Waals surface area contributed by atoms with Crippen LogP contribution in [0.25, 0.3) is 0 Å². The Morgan fingerprint density at radius 3 is 2.50 bits per heavy atom. The number of unbranched alkanes of at least 4 members (excludes halogenated alkanes) is 1. The number of aliphatic hydroxyl groups excluding tert-OH is 2. The van der Waals surface area contributed by atoms with Crippen molar-refractivity contribution >= 4 is 0 Å². The van der Waals surface area contributed by atoms with Crippen LogP contribution < -0.4 is 0 Å². The largest absolute Gasteiger partial charge is 0.394 e. The van der Waals surface area contributed by atoms with Crippen LogP contribution in [0.3, 0.4) is 0 Å². The van der Waals surface area contributed by atoms with Crippen molar-refractivity contribution in [3.63, 3.8) is 0 Å². The van der Waals surface area contributed by atoms with Crippen molar-refractivity contribution in [3.05, 3.63) is 24.3 Å². The summed E-state index contributed by atoms with van der Waals surface area (Å²) in [4.78, 5) is 0. The molecule has 0 amide bonds. The Morgan fingerprint density at radius 1 is 1.05 bits per heavy atom. The Bertz CT molecular complexity index is 939. The first kappa shape index (κ1) is 30.7. The zero-order valence-electron chi connectivity index (χ0n) is 26.0. The number of hydrogen-bond acceptors (Lipinski definition) is 5. The minimum atomic E-state index is -0.544. The van der Waals surface area contributed by atoms with Gasteiger partial charge in [0.1, 0.15) is 0 Å². The van der Waals surface area contributed by atoms with Gasteiger partial charge >= 0.3 is 0 Å². The van der Waals surface area contributed by atoms with Crippen molar-refractivity contribution in [1.82, 2.24) is 0 Å². The van der Waals surface area contributed by atoms with E-state index in [0.29, 0.717) is 29.6 Å². The van der Waals surface area contributed by atoms with E-state index in [1.54, 1.807) is 0 Å². The topological polar surface area (TPSA) is 79.2 Å². The van der Waals surface area contributed by atoms with Gasteiger partial charge in [-0.25, -0.2) is 0 Å². The summed E-state index contributed by atoms with van der Waals surface area (Å²) < 4.78 is 12.6. The number of allylic oxidation sites excluding steroid dienone is 1. The average molecular weight is 559 g/mol. The Kier molecular flexibility index (Phi) is 8.77. The zero-order valence-corrected chi connectivity index (χ0v) is 26.0. The van der Waals surface area contributed by atoms with Gasteiger partial charge in [-0.15, -0.1) is 6.58 Å². The van der Waals surface area contributed by atoms with Crippen LogP contribution in [0.15, 0.2) is 24.3 Å². The molecule has 4 aliphatic carbocycles. The summed E-state index contributed by atoms with van der Waals surface area (Å²) in [5.41, 5.74) is 1.50. The third kappa shape index (κ3) is 5.52. The zero-order chi connectivity index (χ0) is 28.9. The summed E-state index contributed by atoms with van der Waals surface area (Å²) in [5, 5.41) is 30.1. The highest BCUT2D eigenvalue weighted by Gasteiger charge is 2.62. The maximum atomic E-state index is 10.3. The third-order valence-corrected chi connectivity index (χ3v) is 12.8. The molecule has 0 radical (unpaired) electrons. The molecular weight excluding hydrogens is 500 g/mol. The molecule has 0 aromatic heterocycles. The molecule has 0 aromatic carbocycles. The lowest BCUT2D eigenvalue weighted by Gasteiger charge is -2.62. The van der Waals surface area contributed by atoms with Crippen LogP contribution in [0, 0.1) is 39.9 Å². The predicted octanol–water partition coefficient (Wildman–Crippen LogP) is 6.94. The van der Waals surface area contributed by atoms with Gasteiger partial charge in [0.05, 0.1) is 30.5 Å². The fraction of sp³-hybridized carbons (Fsp3) is 0.886. The van der Waals surface area contributed by atoms with Crippen molar-refractivity contribution in [2.24, 2.45) is 39.9 Å². The summed E-state index contributed by atoms with van der Waals surface area (Å²) in [5.74, 6) is 2.94. The van der Waals surface area contributed by atoms with Gasteiger partial charge in [-0.2, -0.15) is 0 Å². The first-order chi connectivity index (χ1) is 18.8. The van der Waals surface area contributed by atoms with Gasteiger partial charge in [0.25, 0.3) is 0 Å². The molecule has 4 fully saturated rings. The maximum absolute atomic E-state index is 10.3. The molecule has 5 rings (SSSR count). The van der Waals surface area contributed by atoms with Gasteiger partial charge in [0, 0.05) is 18.3 Å². The highest BCUT2D eigenvalue weighted by molar-refractivity contribution is 5.33. The molecule has 3 N–H and O–H groups in total. The van der Waals surface area contributed by atoms with Gasteiger partial charge < -0.3 is 24.8 Å². The minimum absolute atomic E-state index is 0.0316. The molecule has 5 nitrogen and oxygen atoms in total. The molecule has 1 saturated heterocycles. The molecule has 3 saturated carbocycles.